The normalized spacial score (nSPS) is 14.1. The summed E-state index contributed by atoms with van der Waals surface area (Å²) in [6.07, 6.45) is 1.70. The van der Waals surface area contributed by atoms with Crippen molar-refractivity contribution in [2.24, 2.45) is 0 Å². The Labute approximate surface area is 242 Å². The van der Waals surface area contributed by atoms with Crippen LogP contribution in [0.2, 0.25) is 5.02 Å². The van der Waals surface area contributed by atoms with Crippen molar-refractivity contribution in [3.63, 3.8) is 0 Å². The van der Waals surface area contributed by atoms with Crippen LogP contribution in [0.5, 0.6) is 17.2 Å². The van der Waals surface area contributed by atoms with Crippen LogP contribution in [0.15, 0.2) is 59.5 Å². The minimum Gasteiger partial charge on any atom is -0.497 e. The van der Waals surface area contributed by atoms with Gasteiger partial charge in [-0.15, -0.1) is 0 Å². The highest BCUT2D eigenvalue weighted by molar-refractivity contribution is 8.27. The van der Waals surface area contributed by atoms with Gasteiger partial charge in [-0.1, -0.05) is 53.3 Å². The topological polar surface area (TPSA) is 77.1 Å². The second-order valence-electron chi connectivity index (χ2n) is 8.63. The first-order chi connectivity index (χ1) is 18.7. The molecule has 2 amide bonds. The molecular formula is C29H27ClN2O5S2. The lowest BCUT2D eigenvalue weighted by atomic mass is 10.1. The van der Waals surface area contributed by atoms with Gasteiger partial charge in [-0.2, -0.15) is 0 Å². The Balaban J connectivity index is 1.51. The van der Waals surface area contributed by atoms with Gasteiger partial charge in [0.15, 0.2) is 22.4 Å². The van der Waals surface area contributed by atoms with Gasteiger partial charge in [-0.3, -0.25) is 14.5 Å². The molecule has 1 saturated heterocycles. The largest absolute Gasteiger partial charge is 0.497 e. The molecule has 1 fully saturated rings. The Bertz CT molecular complexity index is 1460. The molecule has 1 aliphatic rings. The Morgan fingerprint density at radius 2 is 1.85 bits per heavy atom. The van der Waals surface area contributed by atoms with E-state index in [0.29, 0.717) is 44.3 Å². The molecule has 0 aliphatic carbocycles. The first-order valence-corrected chi connectivity index (χ1v) is 13.7. The summed E-state index contributed by atoms with van der Waals surface area (Å²) in [6, 6.07) is 16.2. The second-order valence-corrected chi connectivity index (χ2v) is 10.7. The predicted molar refractivity (Wildman–Crippen MR) is 161 cm³/mol. The number of hydrogen-bond acceptors (Lipinski definition) is 7. The summed E-state index contributed by atoms with van der Waals surface area (Å²) in [6.45, 7) is 5.84. The third kappa shape index (κ3) is 6.73. The summed E-state index contributed by atoms with van der Waals surface area (Å²) >= 11 is 13.2. The number of anilines is 2. The molecule has 1 N–H and O–H groups in total. The first-order valence-electron chi connectivity index (χ1n) is 12.1. The molecule has 1 aliphatic heterocycles. The van der Waals surface area contributed by atoms with E-state index in [9.17, 15) is 9.59 Å². The summed E-state index contributed by atoms with van der Waals surface area (Å²) in [7, 11) is 1.58. The van der Waals surface area contributed by atoms with Crippen molar-refractivity contribution in [1.29, 1.82) is 0 Å². The average molecular weight is 583 g/mol. The molecule has 0 saturated carbocycles. The molecule has 0 aromatic heterocycles. The van der Waals surface area contributed by atoms with Crippen LogP contribution in [-0.2, 0) is 9.59 Å². The number of aryl methyl sites for hydroxylation is 2. The van der Waals surface area contributed by atoms with Gasteiger partial charge in [0.25, 0.3) is 11.8 Å². The number of nitrogens with one attached hydrogen (secondary N) is 1. The number of methoxy groups -OCH3 is 1. The standard InChI is InChI=1S/C29H27ClN2O5S2/c1-5-36-24-14-19(15-25-28(34)32(29(38)39-25)20-7-9-21(35-4)10-8-20)13-22(30)27(24)37-16-26(33)31-23-11-6-17(2)12-18(23)3/h6-15H,5,16H2,1-4H3,(H,31,33)/b25-15-. The minimum atomic E-state index is -0.327. The smallest absolute Gasteiger partial charge is 0.270 e. The van der Waals surface area contributed by atoms with E-state index in [-0.39, 0.29) is 29.2 Å². The number of nitrogens with zero attached hydrogens (tertiary/aromatic N) is 1. The van der Waals surface area contributed by atoms with Crippen molar-refractivity contribution in [3.8, 4) is 17.2 Å². The van der Waals surface area contributed by atoms with Crippen LogP contribution in [0.1, 0.15) is 23.6 Å². The van der Waals surface area contributed by atoms with E-state index < -0.39 is 0 Å². The SMILES string of the molecule is CCOc1cc(/C=C2\SC(=S)N(c3ccc(OC)cc3)C2=O)cc(Cl)c1OCC(=O)Nc1ccc(C)cc1C. The van der Waals surface area contributed by atoms with Crippen molar-refractivity contribution in [2.45, 2.75) is 20.8 Å². The molecule has 0 atom stereocenters. The zero-order valence-corrected chi connectivity index (χ0v) is 24.3. The third-order valence-corrected chi connectivity index (χ3v) is 7.34. The summed E-state index contributed by atoms with van der Waals surface area (Å²) in [5.41, 5.74) is 4.06. The molecule has 1 heterocycles. The molecule has 3 aromatic carbocycles. The summed E-state index contributed by atoms with van der Waals surface area (Å²) in [5, 5.41) is 3.10. The van der Waals surface area contributed by atoms with Crippen molar-refractivity contribution < 1.29 is 23.8 Å². The fraction of sp³-hybridized carbons (Fsp3) is 0.207. The highest BCUT2D eigenvalue weighted by Crippen LogP contribution is 2.40. The monoisotopic (exact) mass is 582 g/mol. The van der Waals surface area contributed by atoms with Crippen LogP contribution in [0, 0.1) is 13.8 Å². The maximum absolute atomic E-state index is 13.2. The fourth-order valence-electron chi connectivity index (χ4n) is 3.93. The highest BCUT2D eigenvalue weighted by atomic mass is 35.5. The summed E-state index contributed by atoms with van der Waals surface area (Å²) in [5.74, 6) is 0.723. The van der Waals surface area contributed by atoms with E-state index in [1.54, 1.807) is 49.6 Å². The van der Waals surface area contributed by atoms with E-state index in [4.69, 9.17) is 38.0 Å². The molecule has 10 heteroatoms. The van der Waals surface area contributed by atoms with Crippen molar-refractivity contribution in [1.82, 2.24) is 0 Å². The Kier molecular flexibility index (Phi) is 9.16. The van der Waals surface area contributed by atoms with Crippen LogP contribution in [0.25, 0.3) is 6.08 Å². The fourth-order valence-corrected chi connectivity index (χ4v) is 5.50. The van der Waals surface area contributed by atoms with Gasteiger partial charge in [0.2, 0.25) is 0 Å². The Morgan fingerprint density at radius 1 is 1.10 bits per heavy atom. The number of amides is 2. The number of carbonyl (C=O) groups is 2. The highest BCUT2D eigenvalue weighted by Gasteiger charge is 2.33. The molecule has 0 radical (unpaired) electrons. The van der Waals surface area contributed by atoms with Gasteiger partial charge < -0.3 is 19.5 Å². The number of rotatable bonds is 9. The number of benzene rings is 3. The van der Waals surface area contributed by atoms with Crippen LogP contribution in [0.3, 0.4) is 0 Å². The average Bonchev–Trinajstić information content (AvgIpc) is 3.17. The summed E-state index contributed by atoms with van der Waals surface area (Å²) < 4.78 is 17.1. The third-order valence-electron chi connectivity index (χ3n) is 5.76. The number of thiocarbonyl (C=S) groups is 1. The van der Waals surface area contributed by atoms with E-state index in [0.717, 1.165) is 11.1 Å². The predicted octanol–water partition coefficient (Wildman–Crippen LogP) is 6.79. The van der Waals surface area contributed by atoms with E-state index in [2.05, 4.69) is 5.32 Å². The minimum absolute atomic E-state index is 0.243. The van der Waals surface area contributed by atoms with E-state index in [1.165, 1.54) is 16.7 Å². The molecule has 202 valence electrons. The molecule has 4 rings (SSSR count). The van der Waals surface area contributed by atoms with Crippen LogP contribution in [-0.4, -0.2) is 36.5 Å². The van der Waals surface area contributed by atoms with E-state index >= 15 is 0 Å². The molecule has 0 unspecified atom stereocenters. The number of thioether (sulfide) groups is 1. The van der Waals surface area contributed by atoms with Gasteiger partial charge in [-0.25, -0.2) is 0 Å². The molecule has 0 bridgehead atoms. The quantitative estimate of drug-likeness (QED) is 0.220. The zero-order valence-electron chi connectivity index (χ0n) is 21.9. The van der Waals surface area contributed by atoms with Gasteiger partial charge in [0.05, 0.1) is 29.3 Å². The molecule has 39 heavy (non-hydrogen) atoms. The lowest BCUT2D eigenvalue weighted by Gasteiger charge is -2.15. The maximum atomic E-state index is 13.2. The van der Waals surface area contributed by atoms with Gasteiger partial charge in [0.1, 0.15) is 5.75 Å². The van der Waals surface area contributed by atoms with Gasteiger partial charge in [0, 0.05) is 5.69 Å². The van der Waals surface area contributed by atoms with Crippen LogP contribution < -0.4 is 24.4 Å². The Hall–Kier alpha value is -3.53. The number of halogens is 1. The molecule has 7 nitrogen and oxygen atoms in total. The van der Waals surface area contributed by atoms with E-state index in [1.807, 2.05) is 39.0 Å². The molecule has 3 aromatic rings. The Morgan fingerprint density at radius 3 is 2.51 bits per heavy atom. The lowest BCUT2D eigenvalue weighted by Crippen LogP contribution is -2.27. The first kappa shape index (κ1) is 28.5. The van der Waals surface area contributed by atoms with Gasteiger partial charge in [-0.05, 0) is 80.4 Å². The van der Waals surface area contributed by atoms with Crippen molar-refractivity contribution >= 4 is 69.2 Å². The lowest BCUT2D eigenvalue weighted by molar-refractivity contribution is -0.118. The number of ether oxygens (including phenoxy) is 3. The summed E-state index contributed by atoms with van der Waals surface area (Å²) in [4.78, 5) is 27.7. The zero-order chi connectivity index (χ0) is 28.1. The van der Waals surface area contributed by atoms with Crippen molar-refractivity contribution in [3.05, 3.63) is 81.2 Å². The number of carbonyl (C=O) groups excluding carboxylic acids is 2. The maximum Gasteiger partial charge on any atom is 0.270 e. The molecule has 0 spiro atoms. The van der Waals surface area contributed by atoms with Crippen LogP contribution >= 0.6 is 35.6 Å². The van der Waals surface area contributed by atoms with Gasteiger partial charge >= 0.3 is 0 Å². The molecular weight excluding hydrogens is 556 g/mol. The second kappa shape index (κ2) is 12.5. The number of hydrogen-bond donors (Lipinski definition) is 1. The van der Waals surface area contributed by atoms with Crippen LogP contribution in [0.4, 0.5) is 11.4 Å². The van der Waals surface area contributed by atoms with Crippen molar-refractivity contribution in [2.75, 3.05) is 30.5 Å².